The third kappa shape index (κ3) is 4.91. The molecule has 0 aliphatic carbocycles. The molecule has 0 N–H and O–H groups in total. The van der Waals surface area contributed by atoms with Gasteiger partial charge in [-0.1, -0.05) is 26.0 Å². The second-order valence-corrected chi connectivity index (χ2v) is 8.12. The van der Waals surface area contributed by atoms with Gasteiger partial charge in [0.15, 0.2) is 0 Å². The monoisotopic (exact) mass is 388 g/mol. The Kier molecular flexibility index (Phi) is 6.21. The highest BCUT2D eigenvalue weighted by atomic mass is 32.2. The van der Waals surface area contributed by atoms with Gasteiger partial charge in [0.25, 0.3) is 11.1 Å². The molecule has 7 heteroatoms. The van der Waals surface area contributed by atoms with E-state index < -0.39 is 17.1 Å². The minimum Gasteiger partial charge on any atom is -0.464 e. The molecule has 0 spiro atoms. The maximum absolute atomic E-state index is 12.5. The summed E-state index contributed by atoms with van der Waals surface area (Å²) >= 11 is 0.853. The molecule has 144 valence electrons. The lowest BCUT2D eigenvalue weighted by Crippen LogP contribution is -2.34. The van der Waals surface area contributed by atoms with Crippen LogP contribution in [0.3, 0.4) is 0 Å². The van der Waals surface area contributed by atoms with E-state index in [1.807, 2.05) is 38.1 Å². The fraction of sp³-hybridized carbons (Fsp3) is 0.450. The topological polar surface area (TPSA) is 66.9 Å². The summed E-state index contributed by atoms with van der Waals surface area (Å²) in [5.41, 5.74) is 2.02. The minimum atomic E-state index is -0.567. The predicted octanol–water partition coefficient (Wildman–Crippen LogP) is 3.52. The Morgan fingerprint density at radius 3 is 2.48 bits per heavy atom. The number of benzene rings is 1. The van der Waals surface area contributed by atoms with Crippen LogP contribution in [0.2, 0.25) is 0 Å². The van der Waals surface area contributed by atoms with Crippen LogP contribution >= 0.6 is 11.8 Å². The third-order valence-corrected chi connectivity index (χ3v) is 5.31. The van der Waals surface area contributed by atoms with E-state index in [9.17, 15) is 14.4 Å². The molecule has 6 nitrogen and oxygen atoms in total. The Morgan fingerprint density at radius 1 is 1.19 bits per heavy atom. The first kappa shape index (κ1) is 19.5. The van der Waals surface area contributed by atoms with Gasteiger partial charge in [-0.3, -0.25) is 19.3 Å². The zero-order valence-electron chi connectivity index (χ0n) is 15.6. The molecule has 2 saturated heterocycles. The molecule has 0 saturated carbocycles. The number of imide groups is 1. The van der Waals surface area contributed by atoms with Gasteiger partial charge >= 0.3 is 5.97 Å². The van der Waals surface area contributed by atoms with Crippen LogP contribution in [0.25, 0.3) is 6.08 Å². The fourth-order valence-electron chi connectivity index (χ4n) is 2.98. The highest BCUT2D eigenvalue weighted by molar-refractivity contribution is 8.18. The molecule has 1 aromatic carbocycles. The van der Waals surface area contributed by atoms with Crippen LogP contribution < -0.4 is 4.90 Å². The number of carbonyl (C=O) groups excluding carboxylic acids is 3. The van der Waals surface area contributed by atoms with Crippen molar-refractivity contribution in [2.24, 2.45) is 5.92 Å². The average Bonchev–Trinajstić information content (AvgIpc) is 3.26. The fourth-order valence-corrected chi connectivity index (χ4v) is 3.82. The molecule has 27 heavy (non-hydrogen) atoms. The Morgan fingerprint density at radius 2 is 1.85 bits per heavy atom. The lowest BCUT2D eigenvalue weighted by Gasteiger charge is -2.17. The summed E-state index contributed by atoms with van der Waals surface area (Å²) in [5, 5.41) is -0.443. The van der Waals surface area contributed by atoms with E-state index >= 15 is 0 Å². The van der Waals surface area contributed by atoms with Gasteiger partial charge in [-0.15, -0.1) is 0 Å². The van der Waals surface area contributed by atoms with Crippen molar-refractivity contribution < 1.29 is 19.1 Å². The van der Waals surface area contributed by atoms with Crippen LogP contribution in [0.15, 0.2) is 29.2 Å². The van der Waals surface area contributed by atoms with Gasteiger partial charge in [0.1, 0.15) is 6.54 Å². The van der Waals surface area contributed by atoms with Crippen LogP contribution in [-0.2, 0) is 14.3 Å². The molecule has 0 aromatic heterocycles. The largest absolute Gasteiger partial charge is 0.464 e. The van der Waals surface area contributed by atoms with Gasteiger partial charge in [-0.25, -0.2) is 0 Å². The summed E-state index contributed by atoms with van der Waals surface area (Å²) in [6.07, 6.45) is 4.13. The van der Waals surface area contributed by atoms with Gasteiger partial charge < -0.3 is 9.64 Å². The highest BCUT2D eigenvalue weighted by Crippen LogP contribution is 2.32. The summed E-state index contributed by atoms with van der Waals surface area (Å²) in [7, 11) is 0. The number of esters is 1. The standard InChI is InChI=1S/C20H24N2O4S/c1-14(2)13-26-18(23)12-22-19(24)17(27-20(22)25)11-15-5-7-16(8-6-15)21-9-3-4-10-21/h5-8,11,14H,3-4,9-10,12-13H2,1-2H3/b17-11+. The summed E-state index contributed by atoms with van der Waals surface area (Å²) in [6.45, 7) is 5.92. The van der Waals surface area contributed by atoms with Gasteiger partial charge in [-0.2, -0.15) is 0 Å². The van der Waals surface area contributed by atoms with Crippen molar-refractivity contribution in [3.8, 4) is 0 Å². The Bertz CT molecular complexity index is 752. The van der Waals surface area contributed by atoms with Crippen LogP contribution in [0.5, 0.6) is 0 Å². The molecule has 2 amide bonds. The summed E-state index contributed by atoms with van der Waals surface area (Å²) in [5.74, 6) is -0.815. The molecule has 2 aliphatic heterocycles. The highest BCUT2D eigenvalue weighted by Gasteiger charge is 2.36. The number of carbonyl (C=O) groups is 3. The van der Waals surface area contributed by atoms with Crippen LogP contribution in [0.1, 0.15) is 32.3 Å². The molecule has 2 heterocycles. The Labute approximate surface area is 163 Å². The van der Waals surface area contributed by atoms with E-state index in [4.69, 9.17) is 4.74 Å². The first-order valence-electron chi connectivity index (χ1n) is 9.20. The second-order valence-electron chi connectivity index (χ2n) is 7.13. The Balaban J connectivity index is 1.64. The number of thioether (sulfide) groups is 1. The van der Waals surface area contributed by atoms with Crippen LogP contribution in [-0.4, -0.2) is 48.3 Å². The van der Waals surface area contributed by atoms with Crippen molar-refractivity contribution in [3.05, 3.63) is 34.7 Å². The zero-order valence-corrected chi connectivity index (χ0v) is 16.5. The van der Waals surface area contributed by atoms with Crippen molar-refractivity contribution in [2.75, 3.05) is 31.1 Å². The van der Waals surface area contributed by atoms with Crippen molar-refractivity contribution in [3.63, 3.8) is 0 Å². The molecular weight excluding hydrogens is 364 g/mol. The Hall–Kier alpha value is -2.28. The van der Waals surface area contributed by atoms with Gasteiger partial charge in [-0.05, 0) is 54.3 Å². The number of hydrogen-bond acceptors (Lipinski definition) is 6. The molecule has 3 rings (SSSR count). The number of anilines is 1. The van der Waals surface area contributed by atoms with E-state index in [0.29, 0.717) is 4.91 Å². The quantitative estimate of drug-likeness (QED) is 0.549. The first-order valence-corrected chi connectivity index (χ1v) is 10.0. The van der Waals surface area contributed by atoms with Gasteiger partial charge in [0.05, 0.1) is 11.5 Å². The number of hydrogen-bond donors (Lipinski definition) is 0. The van der Waals surface area contributed by atoms with E-state index in [1.165, 1.54) is 18.5 Å². The van der Waals surface area contributed by atoms with E-state index in [0.717, 1.165) is 35.3 Å². The lowest BCUT2D eigenvalue weighted by molar-refractivity contribution is -0.147. The number of ether oxygens (including phenoxy) is 1. The predicted molar refractivity (Wildman–Crippen MR) is 106 cm³/mol. The smallest absolute Gasteiger partial charge is 0.326 e. The van der Waals surface area contributed by atoms with Crippen molar-refractivity contribution >= 4 is 40.6 Å². The van der Waals surface area contributed by atoms with Crippen molar-refractivity contribution in [1.29, 1.82) is 0 Å². The van der Waals surface area contributed by atoms with E-state index in [2.05, 4.69) is 4.90 Å². The zero-order chi connectivity index (χ0) is 19.4. The van der Waals surface area contributed by atoms with Gasteiger partial charge in [0, 0.05) is 18.8 Å². The number of nitrogens with zero attached hydrogens (tertiary/aromatic N) is 2. The average molecular weight is 388 g/mol. The van der Waals surface area contributed by atoms with Crippen molar-refractivity contribution in [1.82, 2.24) is 4.90 Å². The minimum absolute atomic E-state index is 0.201. The maximum Gasteiger partial charge on any atom is 0.326 e. The molecule has 0 bridgehead atoms. The summed E-state index contributed by atoms with van der Waals surface area (Å²) in [6, 6.07) is 7.95. The third-order valence-electron chi connectivity index (χ3n) is 4.40. The van der Waals surface area contributed by atoms with Crippen LogP contribution in [0, 0.1) is 5.92 Å². The molecule has 0 radical (unpaired) electrons. The molecule has 2 fully saturated rings. The molecule has 0 unspecified atom stereocenters. The first-order chi connectivity index (χ1) is 12.9. The number of rotatable bonds is 6. The maximum atomic E-state index is 12.5. The molecular formula is C20H24N2O4S. The van der Waals surface area contributed by atoms with Gasteiger partial charge in [0.2, 0.25) is 0 Å². The SMILES string of the molecule is CC(C)COC(=O)CN1C(=O)S/C(=C/c2ccc(N3CCCC3)cc2)C1=O. The summed E-state index contributed by atoms with van der Waals surface area (Å²) < 4.78 is 5.06. The lowest BCUT2D eigenvalue weighted by atomic mass is 10.2. The van der Waals surface area contributed by atoms with E-state index in [1.54, 1.807) is 6.08 Å². The molecule has 2 aliphatic rings. The van der Waals surface area contributed by atoms with Crippen molar-refractivity contribution in [2.45, 2.75) is 26.7 Å². The molecule has 0 atom stereocenters. The normalized spacial score (nSPS) is 18.9. The summed E-state index contributed by atoms with van der Waals surface area (Å²) in [4.78, 5) is 40.0. The second kappa shape index (κ2) is 8.61. The number of amides is 2. The van der Waals surface area contributed by atoms with Crippen LogP contribution in [0.4, 0.5) is 10.5 Å². The molecule has 1 aromatic rings. The van der Waals surface area contributed by atoms with E-state index in [-0.39, 0.29) is 19.1 Å².